The molecule has 1 heterocycles. The first-order valence-corrected chi connectivity index (χ1v) is 7.03. The molecule has 6 nitrogen and oxygen atoms in total. The summed E-state index contributed by atoms with van der Waals surface area (Å²) < 4.78 is 39.9. The highest BCUT2D eigenvalue weighted by atomic mass is 19.4. The van der Waals surface area contributed by atoms with Gasteiger partial charge in [0.2, 0.25) is 0 Å². The lowest BCUT2D eigenvalue weighted by atomic mass is 10.1. The molecule has 0 aliphatic carbocycles. The molecule has 132 valence electrons. The fraction of sp³-hybridized carbons (Fsp3) is 0.188. The van der Waals surface area contributed by atoms with E-state index in [9.17, 15) is 27.6 Å². The fourth-order valence-corrected chi connectivity index (χ4v) is 1.95. The first-order valence-electron chi connectivity index (χ1n) is 7.03. The molecule has 0 fully saturated rings. The van der Waals surface area contributed by atoms with Crippen LogP contribution in [0.5, 0.6) is 5.75 Å². The van der Waals surface area contributed by atoms with Crippen molar-refractivity contribution in [3.05, 3.63) is 63.6 Å². The average Bonchev–Trinajstić information content (AvgIpc) is 2.51. The van der Waals surface area contributed by atoms with Gasteiger partial charge in [0.1, 0.15) is 11.3 Å². The van der Waals surface area contributed by atoms with Gasteiger partial charge in [0, 0.05) is 11.3 Å². The Balaban J connectivity index is 1.98. The number of benzene rings is 1. The van der Waals surface area contributed by atoms with Crippen LogP contribution in [0.3, 0.4) is 0 Å². The largest absolute Gasteiger partial charge is 0.573 e. The van der Waals surface area contributed by atoms with E-state index >= 15 is 0 Å². The Kier molecular flexibility index (Phi) is 5.26. The number of Topliss-reactive ketones (excluding diaryl/α,β-unsaturated/α-hetero) is 1. The first kappa shape index (κ1) is 18.2. The number of H-pyrrole nitrogens is 1. The summed E-state index contributed by atoms with van der Waals surface area (Å²) in [5, 5.41) is 2.29. The number of rotatable bonds is 5. The van der Waals surface area contributed by atoms with E-state index in [0.717, 1.165) is 24.3 Å². The predicted octanol–water partition coefficient (Wildman–Crippen LogP) is 2.19. The second kappa shape index (κ2) is 7.20. The van der Waals surface area contributed by atoms with E-state index in [0.29, 0.717) is 5.69 Å². The van der Waals surface area contributed by atoms with Gasteiger partial charge in [0.05, 0.1) is 6.54 Å². The van der Waals surface area contributed by atoms with Crippen LogP contribution in [0.2, 0.25) is 0 Å². The summed E-state index contributed by atoms with van der Waals surface area (Å²) in [4.78, 5) is 37.9. The number of hydrogen-bond donors (Lipinski definition) is 2. The third-order valence-corrected chi connectivity index (χ3v) is 3.12. The van der Waals surface area contributed by atoms with E-state index < -0.39 is 35.9 Å². The third-order valence-electron chi connectivity index (χ3n) is 3.12. The molecule has 2 N–H and O–H groups in total. The highest BCUT2D eigenvalue weighted by molar-refractivity contribution is 6.02. The summed E-state index contributed by atoms with van der Waals surface area (Å²) in [5.74, 6) is -1.72. The maximum absolute atomic E-state index is 12.1. The number of hydrogen-bond acceptors (Lipinski definition) is 4. The summed E-state index contributed by atoms with van der Waals surface area (Å²) in [6.07, 6.45) is -4.82. The molecule has 0 spiro atoms. The van der Waals surface area contributed by atoms with Gasteiger partial charge in [0.15, 0.2) is 5.78 Å². The average molecular weight is 354 g/mol. The van der Waals surface area contributed by atoms with E-state index in [1.54, 1.807) is 6.92 Å². The lowest BCUT2D eigenvalue weighted by Crippen LogP contribution is -2.33. The van der Waals surface area contributed by atoms with Crippen molar-refractivity contribution in [1.82, 2.24) is 10.3 Å². The second-order valence-corrected chi connectivity index (χ2v) is 5.06. The van der Waals surface area contributed by atoms with E-state index in [1.807, 2.05) is 0 Å². The van der Waals surface area contributed by atoms with Crippen LogP contribution in [-0.2, 0) is 0 Å². The number of amides is 1. The molecular weight excluding hydrogens is 341 g/mol. The Morgan fingerprint density at radius 2 is 1.76 bits per heavy atom. The Labute approximate surface area is 139 Å². The SMILES string of the molecule is Cc1ccc(C(=O)NCC(=O)c2ccc(OC(F)(F)F)cc2)c(=O)[nH]1. The third kappa shape index (κ3) is 5.20. The number of pyridine rings is 1. The summed E-state index contributed by atoms with van der Waals surface area (Å²) in [5.41, 5.74) is -0.0580. The molecule has 0 saturated carbocycles. The molecule has 0 unspecified atom stereocenters. The normalized spacial score (nSPS) is 11.0. The quantitative estimate of drug-likeness (QED) is 0.806. The van der Waals surface area contributed by atoms with Gasteiger partial charge in [-0.25, -0.2) is 0 Å². The number of halogens is 3. The topological polar surface area (TPSA) is 88.3 Å². The molecule has 2 rings (SSSR count). The van der Waals surface area contributed by atoms with Crippen LogP contribution in [0, 0.1) is 6.92 Å². The van der Waals surface area contributed by atoms with Crippen LogP contribution in [0.25, 0.3) is 0 Å². The van der Waals surface area contributed by atoms with Crippen molar-refractivity contribution < 1.29 is 27.5 Å². The van der Waals surface area contributed by atoms with Crippen molar-refractivity contribution in [2.75, 3.05) is 6.54 Å². The predicted molar refractivity (Wildman–Crippen MR) is 81.6 cm³/mol. The maximum atomic E-state index is 12.1. The highest BCUT2D eigenvalue weighted by Gasteiger charge is 2.31. The lowest BCUT2D eigenvalue weighted by molar-refractivity contribution is -0.274. The van der Waals surface area contributed by atoms with Gasteiger partial charge >= 0.3 is 6.36 Å². The minimum Gasteiger partial charge on any atom is -0.406 e. The number of ether oxygens (including phenoxy) is 1. The second-order valence-electron chi connectivity index (χ2n) is 5.06. The minimum atomic E-state index is -4.82. The zero-order valence-electron chi connectivity index (χ0n) is 12.9. The van der Waals surface area contributed by atoms with E-state index in [2.05, 4.69) is 15.0 Å². The molecule has 0 atom stereocenters. The number of aromatic amines is 1. The summed E-state index contributed by atoms with van der Waals surface area (Å²) in [6, 6.07) is 7.15. The van der Waals surface area contributed by atoms with E-state index in [4.69, 9.17) is 0 Å². The van der Waals surface area contributed by atoms with Gasteiger partial charge in [-0.1, -0.05) is 0 Å². The Morgan fingerprint density at radius 3 is 2.32 bits per heavy atom. The molecule has 0 radical (unpaired) electrons. The number of alkyl halides is 3. The summed E-state index contributed by atoms with van der Waals surface area (Å²) in [7, 11) is 0. The van der Waals surface area contributed by atoms with Crippen LogP contribution in [0.1, 0.15) is 26.4 Å². The van der Waals surface area contributed by atoms with E-state index in [1.165, 1.54) is 12.1 Å². The maximum Gasteiger partial charge on any atom is 0.573 e. The standard InChI is InChI=1S/C16H13F3N2O4/c1-9-2-7-12(15(24)21-9)14(23)20-8-13(22)10-3-5-11(6-4-10)25-16(17,18)19/h2-7H,8H2,1H3,(H,20,23)(H,21,24). The number of nitrogens with one attached hydrogen (secondary N) is 2. The number of aromatic nitrogens is 1. The molecule has 0 aliphatic heterocycles. The van der Waals surface area contributed by atoms with Crippen LogP contribution in [0.4, 0.5) is 13.2 Å². The Morgan fingerprint density at radius 1 is 1.12 bits per heavy atom. The molecule has 9 heteroatoms. The lowest BCUT2D eigenvalue weighted by Gasteiger charge is -2.09. The number of aryl methyl sites for hydroxylation is 1. The Hall–Kier alpha value is -3.10. The van der Waals surface area contributed by atoms with Gasteiger partial charge < -0.3 is 15.0 Å². The molecule has 25 heavy (non-hydrogen) atoms. The van der Waals surface area contributed by atoms with Crippen LogP contribution in [-0.4, -0.2) is 29.6 Å². The molecule has 1 aromatic heterocycles. The zero-order valence-corrected chi connectivity index (χ0v) is 12.9. The van der Waals surface area contributed by atoms with Gasteiger partial charge in [-0.2, -0.15) is 0 Å². The first-order chi connectivity index (χ1) is 11.7. The summed E-state index contributed by atoms with van der Waals surface area (Å²) >= 11 is 0. The fourth-order valence-electron chi connectivity index (χ4n) is 1.95. The van der Waals surface area contributed by atoms with Crippen LogP contribution >= 0.6 is 0 Å². The Bertz CT molecular complexity index is 842. The van der Waals surface area contributed by atoms with Crippen molar-refractivity contribution >= 4 is 11.7 Å². The van der Waals surface area contributed by atoms with Crippen molar-refractivity contribution in [2.45, 2.75) is 13.3 Å². The highest BCUT2D eigenvalue weighted by Crippen LogP contribution is 2.22. The number of ketones is 1. The number of carbonyl (C=O) groups is 2. The van der Waals surface area contributed by atoms with Gasteiger partial charge in [0.25, 0.3) is 11.5 Å². The molecule has 1 aromatic carbocycles. The van der Waals surface area contributed by atoms with Crippen LogP contribution < -0.4 is 15.6 Å². The monoisotopic (exact) mass is 354 g/mol. The van der Waals surface area contributed by atoms with Gasteiger partial charge in [-0.3, -0.25) is 14.4 Å². The molecule has 2 aromatic rings. The molecule has 0 bridgehead atoms. The van der Waals surface area contributed by atoms with Crippen molar-refractivity contribution in [2.24, 2.45) is 0 Å². The van der Waals surface area contributed by atoms with E-state index in [-0.39, 0.29) is 11.1 Å². The van der Waals surface area contributed by atoms with Gasteiger partial charge in [-0.05, 0) is 43.3 Å². The molecule has 0 saturated heterocycles. The molecular formula is C16H13F3N2O4. The molecule has 1 amide bonds. The smallest absolute Gasteiger partial charge is 0.406 e. The van der Waals surface area contributed by atoms with Crippen LogP contribution in [0.15, 0.2) is 41.2 Å². The minimum absolute atomic E-state index is 0.0904. The molecule has 0 aliphatic rings. The van der Waals surface area contributed by atoms with Crippen molar-refractivity contribution in [3.63, 3.8) is 0 Å². The van der Waals surface area contributed by atoms with Gasteiger partial charge in [-0.15, -0.1) is 13.2 Å². The van der Waals surface area contributed by atoms with Crippen molar-refractivity contribution in [1.29, 1.82) is 0 Å². The number of carbonyl (C=O) groups excluding carboxylic acids is 2. The van der Waals surface area contributed by atoms with Crippen molar-refractivity contribution in [3.8, 4) is 5.75 Å². The summed E-state index contributed by atoms with van der Waals surface area (Å²) in [6.45, 7) is 1.24. The zero-order chi connectivity index (χ0) is 18.6.